The molecule has 0 fully saturated rings. The second-order valence-electron chi connectivity index (χ2n) is 5.54. The van der Waals surface area contributed by atoms with Gasteiger partial charge in [-0.05, 0) is 10.8 Å². The molecule has 2 heteroatoms. The molecule has 2 atom stereocenters. The highest BCUT2D eigenvalue weighted by Crippen LogP contribution is 2.38. The molecule has 74 valence electrons. The molecule has 0 aliphatic carbocycles. The lowest BCUT2D eigenvalue weighted by Crippen LogP contribution is -2.37. The quantitative estimate of drug-likeness (QED) is 0.567. The van der Waals surface area contributed by atoms with Crippen LogP contribution in [0, 0.1) is 10.8 Å². The molecule has 0 aromatic carbocycles. The summed E-state index contributed by atoms with van der Waals surface area (Å²) >= 11 is 12.5. The molecule has 0 saturated carbocycles. The third kappa shape index (κ3) is 3.53. The maximum atomic E-state index is 6.26. The van der Waals surface area contributed by atoms with Gasteiger partial charge < -0.3 is 0 Å². The van der Waals surface area contributed by atoms with Crippen LogP contribution in [-0.4, -0.2) is 10.8 Å². The zero-order valence-corrected chi connectivity index (χ0v) is 10.4. The maximum absolute atomic E-state index is 6.26. The molecule has 0 amide bonds. The summed E-state index contributed by atoms with van der Waals surface area (Å²) in [6, 6.07) is 0. The van der Waals surface area contributed by atoms with Gasteiger partial charge in [0, 0.05) is 0 Å². The molecule has 0 N–H and O–H groups in total. The zero-order valence-electron chi connectivity index (χ0n) is 8.91. The van der Waals surface area contributed by atoms with Crippen molar-refractivity contribution in [1.82, 2.24) is 0 Å². The molecule has 0 rings (SSSR count). The van der Waals surface area contributed by atoms with Gasteiger partial charge in [0.1, 0.15) is 0 Å². The van der Waals surface area contributed by atoms with Crippen LogP contribution in [0.2, 0.25) is 0 Å². The summed E-state index contributed by atoms with van der Waals surface area (Å²) in [5.74, 6) is 0. The lowest BCUT2D eigenvalue weighted by molar-refractivity contribution is 0.289. The van der Waals surface area contributed by atoms with Crippen molar-refractivity contribution in [3.8, 4) is 0 Å². The summed E-state index contributed by atoms with van der Waals surface area (Å²) in [7, 11) is 0. The second kappa shape index (κ2) is 3.75. The van der Waals surface area contributed by atoms with Crippen LogP contribution in [0.4, 0.5) is 0 Å². The highest BCUT2D eigenvalue weighted by molar-refractivity contribution is 6.30. The fourth-order valence-electron chi connectivity index (χ4n) is 0.878. The third-order valence-corrected chi connectivity index (χ3v) is 3.85. The predicted octanol–water partition coefficient (Wildman–Crippen LogP) is 4.29. The molecular formula is C10H20Cl2. The molecule has 0 radical (unpaired) electrons. The molecule has 0 aromatic heterocycles. The van der Waals surface area contributed by atoms with E-state index >= 15 is 0 Å². The van der Waals surface area contributed by atoms with Crippen molar-refractivity contribution in [2.75, 3.05) is 0 Å². The second-order valence-corrected chi connectivity index (χ2v) is 6.48. The molecule has 0 spiro atoms. The fourth-order valence-corrected chi connectivity index (χ4v) is 1.63. The van der Waals surface area contributed by atoms with Crippen molar-refractivity contribution >= 4 is 23.2 Å². The summed E-state index contributed by atoms with van der Waals surface area (Å²) in [4.78, 5) is 0. The minimum absolute atomic E-state index is 0.0131. The molecular weight excluding hydrogens is 191 g/mol. The first-order valence-electron chi connectivity index (χ1n) is 4.35. The molecule has 0 saturated heterocycles. The van der Waals surface area contributed by atoms with E-state index in [4.69, 9.17) is 23.2 Å². The van der Waals surface area contributed by atoms with E-state index in [0.29, 0.717) is 0 Å². The maximum Gasteiger partial charge on any atom is 0.0553 e. The van der Waals surface area contributed by atoms with Gasteiger partial charge in [-0.25, -0.2) is 0 Å². The monoisotopic (exact) mass is 210 g/mol. The van der Waals surface area contributed by atoms with Crippen molar-refractivity contribution in [3.05, 3.63) is 0 Å². The molecule has 0 bridgehead atoms. The minimum Gasteiger partial charge on any atom is -0.121 e. The van der Waals surface area contributed by atoms with Crippen molar-refractivity contribution in [1.29, 1.82) is 0 Å². The summed E-state index contributed by atoms with van der Waals surface area (Å²) in [6.45, 7) is 12.7. The van der Waals surface area contributed by atoms with E-state index in [1.165, 1.54) is 0 Å². The van der Waals surface area contributed by atoms with Gasteiger partial charge in [0.15, 0.2) is 0 Å². The fraction of sp³-hybridized carbons (Fsp3) is 1.00. The van der Waals surface area contributed by atoms with Gasteiger partial charge in [-0.2, -0.15) is 0 Å². The molecule has 2 unspecified atom stereocenters. The first kappa shape index (κ1) is 12.6. The van der Waals surface area contributed by atoms with Crippen LogP contribution in [-0.2, 0) is 0 Å². The highest BCUT2D eigenvalue weighted by atomic mass is 35.5. The molecule has 0 nitrogen and oxygen atoms in total. The first-order valence-corrected chi connectivity index (χ1v) is 5.22. The Kier molecular flexibility index (Phi) is 3.94. The Morgan fingerprint density at radius 1 is 0.667 bits per heavy atom. The summed E-state index contributed by atoms with van der Waals surface area (Å²) in [5.41, 5.74) is 0.141. The zero-order chi connectivity index (χ0) is 10.2. The summed E-state index contributed by atoms with van der Waals surface area (Å²) in [6.07, 6.45) is 0. The number of hydrogen-bond donors (Lipinski definition) is 0. The van der Waals surface area contributed by atoms with Crippen LogP contribution in [0.3, 0.4) is 0 Å². The molecule has 0 aliphatic rings. The van der Waals surface area contributed by atoms with Gasteiger partial charge in [-0.3, -0.25) is 0 Å². The number of alkyl halides is 2. The highest BCUT2D eigenvalue weighted by Gasteiger charge is 2.36. The smallest absolute Gasteiger partial charge is 0.0553 e. The van der Waals surface area contributed by atoms with Crippen molar-refractivity contribution in [2.45, 2.75) is 52.3 Å². The minimum atomic E-state index is 0.0131. The summed E-state index contributed by atoms with van der Waals surface area (Å²) in [5, 5.41) is 0.0262. The SMILES string of the molecule is CC(C)(C)C(Cl)C(Cl)C(C)(C)C. The Morgan fingerprint density at radius 2 is 0.833 bits per heavy atom. The average Bonchev–Trinajstić information content (AvgIpc) is 1.80. The topological polar surface area (TPSA) is 0 Å². The predicted molar refractivity (Wildman–Crippen MR) is 58.2 cm³/mol. The van der Waals surface area contributed by atoms with E-state index in [1.54, 1.807) is 0 Å². The molecule has 0 heterocycles. The number of hydrogen-bond acceptors (Lipinski definition) is 0. The van der Waals surface area contributed by atoms with Crippen LogP contribution in [0.15, 0.2) is 0 Å². The number of halogens is 2. The van der Waals surface area contributed by atoms with Gasteiger partial charge in [0.25, 0.3) is 0 Å². The van der Waals surface area contributed by atoms with Gasteiger partial charge in [0.2, 0.25) is 0 Å². The normalized spacial score (nSPS) is 19.0. The first-order chi connectivity index (χ1) is 5.07. The molecule has 0 aliphatic heterocycles. The Balaban J connectivity index is 4.41. The molecule has 12 heavy (non-hydrogen) atoms. The van der Waals surface area contributed by atoms with Crippen molar-refractivity contribution in [2.24, 2.45) is 10.8 Å². The van der Waals surface area contributed by atoms with Crippen molar-refractivity contribution in [3.63, 3.8) is 0 Å². The van der Waals surface area contributed by atoms with Gasteiger partial charge in [-0.15, -0.1) is 23.2 Å². The van der Waals surface area contributed by atoms with Gasteiger partial charge in [-0.1, -0.05) is 41.5 Å². The van der Waals surface area contributed by atoms with Crippen LogP contribution in [0.25, 0.3) is 0 Å². The Labute approximate surface area is 86.6 Å². The third-order valence-electron chi connectivity index (χ3n) is 1.91. The van der Waals surface area contributed by atoms with E-state index in [-0.39, 0.29) is 21.6 Å². The van der Waals surface area contributed by atoms with Crippen LogP contribution < -0.4 is 0 Å². The van der Waals surface area contributed by atoms with E-state index in [2.05, 4.69) is 41.5 Å². The van der Waals surface area contributed by atoms with Gasteiger partial charge >= 0.3 is 0 Å². The van der Waals surface area contributed by atoms with Crippen LogP contribution >= 0.6 is 23.2 Å². The molecule has 0 aromatic rings. The standard InChI is InChI=1S/C10H20Cl2/c1-9(2,3)7(11)8(12)10(4,5)6/h7-8H,1-6H3. The average molecular weight is 211 g/mol. The van der Waals surface area contributed by atoms with Crippen LogP contribution in [0.1, 0.15) is 41.5 Å². The van der Waals surface area contributed by atoms with Gasteiger partial charge in [0.05, 0.1) is 10.8 Å². The van der Waals surface area contributed by atoms with Crippen LogP contribution in [0.5, 0.6) is 0 Å². The van der Waals surface area contributed by atoms with Crippen molar-refractivity contribution < 1.29 is 0 Å². The van der Waals surface area contributed by atoms with E-state index < -0.39 is 0 Å². The number of rotatable bonds is 1. The van der Waals surface area contributed by atoms with E-state index in [9.17, 15) is 0 Å². The lowest BCUT2D eigenvalue weighted by atomic mass is 9.80. The summed E-state index contributed by atoms with van der Waals surface area (Å²) < 4.78 is 0. The largest absolute Gasteiger partial charge is 0.121 e. The lowest BCUT2D eigenvalue weighted by Gasteiger charge is -2.36. The Morgan fingerprint density at radius 3 is 0.917 bits per heavy atom. The van der Waals surface area contributed by atoms with E-state index in [1.807, 2.05) is 0 Å². The van der Waals surface area contributed by atoms with E-state index in [0.717, 1.165) is 0 Å². The Hall–Kier alpha value is 0.580. The Bertz CT molecular complexity index is 121.